The van der Waals surface area contributed by atoms with Crippen LogP contribution in [-0.2, 0) is 0 Å². The molecule has 0 fully saturated rings. The standard InChI is InChI=1S/C56H37NS/c1-3-14-38(15-4-1)47-23-11-20-42-21-12-24-48(55(42)47)40-28-32-45(33-29-40)57(52-25-13-27-54-56(52)49-22-9-10-26-53(49)58-54)46-34-30-41(31-35-46)51-37-44-19-8-7-18-43(44)36-50(51)39-16-5-2-6-17-39/h1-37H. The zero-order valence-corrected chi connectivity index (χ0v) is 32.5. The molecule has 2 heteroatoms. The number of fused-ring (bicyclic) bond motifs is 5. The summed E-state index contributed by atoms with van der Waals surface area (Å²) in [5, 5.41) is 7.55. The van der Waals surface area contributed by atoms with Crippen LogP contribution in [0.15, 0.2) is 224 Å². The Labute approximate surface area is 342 Å². The highest BCUT2D eigenvalue weighted by Gasteiger charge is 2.20. The molecule has 11 rings (SSSR count). The van der Waals surface area contributed by atoms with Crippen molar-refractivity contribution in [2.24, 2.45) is 0 Å². The average Bonchev–Trinajstić information content (AvgIpc) is 3.69. The van der Waals surface area contributed by atoms with Crippen LogP contribution in [-0.4, -0.2) is 0 Å². The Morgan fingerprint density at radius 2 is 0.741 bits per heavy atom. The van der Waals surface area contributed by atoms with Gasteiger partial charge in [-0.3, -0.25) is 0 Å². The van der Waals surface area contributed by atoms with E-state index in [0.29, 0.717) is 0 Å². The van der Waals surface area contributed by atoms with Gasteiger partial charge in [0.2, 0.25) is 0 Å². The van der Waals surface area contributed by atoms with Crippen LogP contribution in [0, 0.1) is 0 Å². The highest BCUT2D eigenvalue weighted by atomic mass is 32.1. The van der Waals surface area contributed by atoms with Gasteiger partial charge in [-0.2, -0.15) is 0 Å². The van der Waals surface area contributed by atoms with Crippen molar-refractivity contribution in [1.29, 1.82) is 0 Å². The third kappa shape index (κ3) is 5.94. The second kappa shape index (κ2) is 14.4. The highest BCUT2D eigenvalue weighted by Crippen LogP contribution is 2.46. The lowest BCUT2D eigenvalue weighted by Gasteiger charge is -2.27. The Morgan fingerprint density at radius 1 is 0.293 bits per heavy atom. The molecule has 10 aromatic carbocycles. The minimum Gasteiger partial charge on any atom is -0.310 e. The predicted octanol–water partition coefficient (Wildman–Crippen LogP) is 16.5. The molecule has 0 N–H and O–H groups in total. The number of rotatable bonds is 7. The van der Waals surface area contributed by atoms with E-state index in [4.69, 9.17) is 0 Å². The van der Waals surface area contributed by atoms with Crippen molar-refractivity contribution in [3.63, 3.8) is 0 Å². The largest absolute Gasteiger partial charge is 0.310 e. The zero-order valence-electron chi connectivity index (χ0n) is 31.7. The van der Waals surface area contributed by atoms with Crippen molar-refractivity contribution in [2.45, 2.75) is 0 Å². The zero-order chi connectivity index (χ0) is 38.4. The Kier molecular flexibility index (Phi) is 8.42. The van der Waals surface area contributed by atoms with Gasteiger partial charge in [0, 0.05) is 31.5 Å². The molecule has 58 heavy (non-hydrogen) atoms. The van der Waals surface area contributed by atoms with Crippen LogP contribution in [0.1, 0.15) is 0 Å². The summed E-state index contributed by atoms with van der Waals surface area (Å²) in [4.78, 5) is 2.44. The Morgan fingerprint density at radius 3 is 1.34 bits per heavy atom. The van der Waals surface area contributed by atoms with Crippen molar-refractivity contribution >= 4 is 70.1 Å². The second-order valence-corrected chi connectivity index (χ2v) is 15.9. The van der Waals surface area contributed by atoms with Gasteiger partial charge < -0.3 is 4.90 Å². The van der Waals surface area contributed by atoms with Gasteiger partial charge in [-0.25, -0.2) is 0 Å². The Hall–Kier alpha value is -7.26. The normalized spacial score (nSPS) is 11.4. The van der Waals surface area contributed by atoms with Crippen molar-refractivity contribution in [3.8, 4) is 44.5 Å². The second-order valence-electron chi connectivity index (χ2n) is 14.9. The summed E-state index contributed by atoms with van der Waals surface area (Å²) in [7, 11) is 0. The summed E-state index contributed by atoms with van der Waals surface area (Å²) >= 11 is 1.86. The van der Waals surface area contributed by atoms with E-state index in [1.165, 1.54) is 91.9 Å². The minimum atomic E-state index is 1.11. The summed E-state index contributed by atoms with van der Waals surface area (Å²) in [6, 6.07) is 81.9. The van der Waals surface area contributed by atoms with Crippen molar-refractivity contribution in [1.82, 2.24) is 0 Å². The maximum atomic E-state index is 2.44. The molecule has 0 aliphatic heterocycles. The fourth-order valence-corrected chi connectivity index (χ4v) is 9.85. The molecule has 0 saturated carbocycles. The molecule has 1 aromatic heterocycles. The smallest absolute Gasteiger partial charge is 0.0554 e. The van der Waals surface area contributed by atoms with Crippen LogP contribution in [0.4, 0.5) is 17.1 Å². The van der Waals surface area contributed by atoms with Crippen LogP contribution in [0.25, 0.3) is 86.2 Å². The van der Waals surface area contributed by atoms with Crippen molar-refractivity contribution < 1.29 is 0 Å². The number of thiophene rings is 1. The fourth-order valence-electron chi connectivity index (χ4n) is 8.73. The molecule has 1 heterocycles. The first-order chi connectivity index (χ1) is 28.8. The molecule has 11 aromatic rings. The quantitative estimate of drug-likeness (QED) is 0.157. The van der Waals surface area contributed by atoms with Crippen LogP contribution in [0.2, 0.25) is 0 Å². The number of benzene rings is 10. The fraction of sp³-hybridized carbons (Fsp3) is 0. The highest BCUT2D eigenvalue weighted by molar-refractivity contribution is 7.26. The minimum absolute atomic E-state index is 1.11. The van der Waals surface area contributed by atoms with Gasteiger partial charge in [0.15, 0.2) is 0 Å². The number of hydrogen-bond acceptors (Lipinski definition) is 2. The average molecular weight is 756 g/mol. The van der Waals surface area contributed by atoms with E-state index < -0.39 is 0 Å². The van der Waals surface area contributed by atoms with Gasteiger partial charge in [0.25, 0.3) is 0 Å². The first kappa shape index (κ1) is 34.0. The molecule has 0 aliphatic carbocycles. The lowest BCUT2D eigenvalue weighted by atomic mass is 9.91. The SMILES string of the molecule is c1ccc(-c2cc3ccccc3cc2-c2ccc(N(c3ccc(-c4cccc5cccc(-c6ccccc6)c45)cc3)c3cccc4sc5ccccc5c34)cc2)cc1. The topological polar surface area (TPSA) is 3.24 Å². The Balaban J connectivity index is 1.07. The van der Waals surface area contributed by atoms with Crippen LogP contribution in [0.3, 0.4) is 0 Å². The van der Waals surface area contributed by atoms with E-state index in [2.05, 4.69) is 229 Å². The molecule has 272 valence electrons. The Bertz CT molecular complexity index is 3250. The van der Waals surface area contributed by atoms with E-state index in [1.807, 2.05) is 11.3 Å². The van der Waals surface area contributed by atoms with Crippen LogP contribution < -0.4 is 4.90 Å². The molecular formula is C56H37NS. The number of nitrogens with zero attached hydrogens (tertiary/aromatic N) is 1. The molecule has 0 unspecified atom stereocenters. The molecule has 0 aliphatic rings. The van der Waals surface area contributed by atoms with E-state index in [9.17, 15) is 0 Å². The summed E-state index contributed by atoms with van der Waals surface area (Å²) in [6.45, 7) is 0. The van der Waals surface area contributed by atoms with Gasteiger partial charge >= 0.3 is 0 Å². The summed E-state index contributed by atoms with van der Waals surface area (Å²) in [6.07, 6.45) is 0. The molecule has 0 atom stereocenters. The van der Waals surface area contributed by atoms with Crippen molar-refractivity contribution in [2.75, 3.05) is 4.90 Å². The monoisotopic (exact) mass is 755 g/mol. The van der Waals surface area contributed by atoms with E-state index in [0.717, 1.165) is 11.4 Å². The summed E-state index contributed by atoms with van der Waals surface area (Å²) in [5.74, 6) is 0. The van der Waals surface area contributed by atoms with Crippen LogP contribution >= 0.6 is 11.3 Å². The summed E-state index contributed by atoms with van der Waals surface area (Å²) < 4.78 is 2.58. The molecular weight excluding hydrogens is 719 g/mol. The first-order valence-electron chi connectivity index (χ1n) is 19.8. The molecule has 0 radical (unpaired) electrons. The number of hydrogen-bond donors (Lipinski definition) is 0. The van der Waals surface area contributed by atoms with E-state index >= 15 is 0 Å². The molecule has 0 bridgehead atoms. The number of anilines is 3. The maximum Gasteiger partial charge on any atom is 0.0554 e. The maximum absolute atomic E-state index is 2.44. The van der Waals surface area contributed by atoms with Gasteiger partial charge in [0.05, 0.1) is 5.69 Å². The summed E-state index contributed by atoms with van der Waals surface area (Å²) in [5.41, 5.74) is 13.1. The molecule has 0 amide bonds. The first-order valence-corrected chi connectivity index (χ1v) is 20.7. The molecule has 0 spiro atoms. The molecule has 0 saturated heterocycles. The lowest BCUT2D eigenvalue weighted by molar-refractivity contribution is 1.30. The van der Waals surface area contributed by atoms with Gasteiger partial charge in [-0.1, -0.05) is 170 Å². The third-order valence-electron chi connectivity index (χ3n) is 11.5. The van der Waals surface area contributed by atoms with Crippen LogP contribution in [0.5, 0.6) is 0 Å². The van der Waals surface area contributed by atoms with Gasteiger partial charge in [-0.15, -0.1) is 11.3 Å². The van der Waals surface area contributed by atoms with E-state index in [1.54, 1.807) is 0 Å². The van der Waals surface area contributed by atoms with Gasteiger partial charge in [-0.05, 0) is 121 Å². The predicted molar refractivity (Wildman–Crippen MR) is 251 cm³/mol. The lowest BCUT2D eigenvalue weighted by Crippen LogP contribution is -2.10. The van der Waals surface area contributed by atoms with Gasteiger partial charge in [0.1, 0.15) is 0 Å². The third-order valence-corrected chi connectivity index (χ3v) is 12.6. The van der Waals surface area contributed by atoms with E-state index in [-0.39, 0.29) is 0 Å². The molecule has 1 nitrogen and oxygen atoms in total. The van der Waals surface area contributed by atoms with Crippen molar-refractivity contribution in [3.05, 3.63) is 224 Å².